The molecule has 0 heterocycles. The molecule has 4 saturated carbocycles. The highest BCUT2D eigenvalue weighted by Crippen LogP contribution is 2.31. The van der Waals surface area contributed by atoms with Crippen molar-refractivity contribution in [2.75, 3.05) is 72.1 Å². The molecule has 3 aromatic carbocycles. The summed E-state index contributed by atoms with van der Waals surface area (Å²) < 4.78 is 0. The van der Waals surface area contributed by atoms with E-state index in [1.165, 1.54) is 483 Å². The molecule has 9 nitrogen and oxygen atoms in total. The van der Waals surface area contributed by atoms with E-state index in [0.29, 0.717) is 13.2 Å². The number of rotatable bonds is 29. The highest BCUT2D eigenvalue weighted by atomic mass is 14.9. The van der Waals surface area contributed by atoms with Crippen molar-refractivity contribution in [3.05, 3.63) is 60.2 Å². The van der Waals surface area contributed by atoms with Gasteiger partial charge in [-0.2, -0.15) is 0 Å². The highest BCUT2D eigenvalue weighted by molar-refractivity contribution is 6.02. The average molecular weight is 1510 g/mol. The van der Waals surface area contributed by atoms with Gasteiger partial charge in [0.25, 0.3) is 0 Å². The molecule has 3 aromatic rings. The van der Waals surface area contributed by atoms with Gasteiger partial charge in [0, 0.05) is 39.4 Å². The number of hydrogen-bond acceptors (Lipinski definition) is 9. The number of nitrogens with two attached hydrogens (primary N) is 5. The van der Waals surface area contributed by atoms with Crippen molar-refractivity contribution in [3.8, 4) is 0 Å². The summed E-state index contributed by atoms with van der Waals surface area (Å²) in [6, 6.07) is 19.4. The largest absolute Gasteiger partial charge is 0.330 e. The zero-order valence-corrected chi connectivity index (χ0v) is 72.2. The number of benzene rings is 3. The smallest absolute Gasteiger partial charge is 0.0428 e. The molecule has 0 spiro atoms. The van der Waals surface area contributed by atoms with Crippen LogP contribution in [0.2, 0.25) is 0 Å². The molecule has 0 aromatic heterocycles. The van der Waals surface area contributed by atoms with Gasteiger partial charge in [-0.1, -0.05) is 453 Å². The molecule has 4 aliphatic rings. The maximum Gasteiger partial charge on any atom is 0.0428 e. The maximum atomic E-state index is 5.63. The summed E-state index contributed by atoms with van der Waals surface area (Å²) >= 11 is 0. The van der Waals surface area contributed by atoms with E-state index < -0.39 is 0 Å². The third kappa shape index (κ3) is 61.3. The Hall–Kier alpha value is -2.18. The van der Waals surface area contributed by atoms with Crippen molar-refractivity contribution in [2.45, 2.75) is 450 Å². The topological polar surface area (TPSA) is 178 Å². The molecular formula is C99H189N9. The van der Waals surface area contributed by atoms with E-state index >= 15 is 0 Å². The molecule has 4 aliphatic carbocycles. The van der Waals surface area contributed by atoms with Crippen molar-refractivity contribution in [1.29, 1.82) is 0 Å². The van der Waals surface area contributed by atoms with Gasteiger partial charge in [0.05, 0.1) is 0 Å². The van der Waals surface area contributed by atoms with E-state index in [4.69, 9.17) is 28.7 Å². The predicted molar refractivity (Wildman–Crippen MR) is 485 cm³/mol. The van der Waals surface area contributed by atoms with Crippen LogP contribution in [0.1, 0.15) is 449 Å². The highest BCUT2D eigenvalue weighted by Gasteiger charge is 2.15. The molecule has 0 saturated heterocycles. The van der Waals surface area contributed by atoms with Gasteiger partial charge in [-0.25, -0.2) is 0 Å². The molecular weight excluding hydrogens is 1320 g/mol. The molecule has 0 atom stereocenters. The normalized spacial score (nSPS) is 19.3. The minimum absolute atomic E-state index is 0.632. The average Bonchev–Trinajstić information content (AvgIpc) is 0.782. The molecule has 0 radical (unpaired) electrons. The van der Waals surface area contributed by atoms with Gasteiger partial charge in [-0.15, -0.1) is 0 Å². The number of nitrogens with one attached hydrogen (secondary N) is 4. The number of hydrogen-bond donors (Lipinski definition) is 9. The fraction of sp³-hybridized carbons (Fsp3) is 0.859. The summed E-state index contributed by atoms with van der Waals surface area (Å²) in [7, 11) is 0. The van der Waals surface area contributed by atoms with E-state index in [1.54, 1.807) is 0 Å². The Morgan fingerprint density at radius 2 is 0.472 bits per heavy atom. The zero-order chi connectivity index (χ0) is 76.7. The van der Waals surface area contributed by atoms with Crippen molar-refractivity contribution in [1.82, 2.24) is 21.3 Å². The van der Waals surface area contributed by atoms with Crippen molar-refractivity contribution < 1.29 is 0 Å². The second-order valence-corrected chi connectivity index (χ2v) is 34.9. The van der Waals surface area contributed by atoms with Crippen LogP contribution in [0.25, 0.3) is 21.5 Å². The van der Waals surface area contributed by atoms with Gasteiger partial charge in [-0.05, 0) is 135 Å². The van der Waals surface area contributed by atoms with Crippen LogP contribution in [0.4, 0.5) is 0 Å². The predicted octanol–water partition coefficient (Wildman–Crippen LogP) is 27.0. The minimum atomic E-state index is 0.632. The lowest BCUT2D eigenvalue weighted by molar-refractivity contribution is 0.368. The first-order valence-corrected chi connectivity index (χ1v) is 48.9. The minimum Gasteiger partial charge on any atom is -0.330 e. The lowest BCUT2D eigenvalue weighted by Gasteiger charge is -2.17. The summed E-state index contributed by atoms with van der Waals surface area (Å²) in [5, 5.41) is 19.0. The first-order valence-electron chi connectivity index (χ1n) is 48.9. The molecule has 14 N–H and O–H groups in total. The zero-order valence-electron chi connectivity index (χ0n) is 72.2. The summed E-state index contributed by atoms with van der Waals surface area (Å²) in [6.07, 6.45) is 101. The first-order chi connectivity index (χ1) is 53.6. The number of unbranched alkanes of at least 4 members (excludes halogenated alkanes) is 5. The number of fused-ring (bicyclic) bond motifs is 2. The maximum absolute atomic E-state index is 5.63. The van der Waals surface area contributed by atoms with Crippen LogP contribution in [-0.4, -0.2) is 72.1 Å². The Kier molecular flexibility index (Phi) is 74.1. The fourth-order valence-electron chi connectivity index (χ4n) is 18.2. The van der Waals surface area contributed by atoms with E-state index in [9.17, 15) is 0 Å². The van der Waals surface area contributed by atoms with Gasteiger partial charge in [0.15, 0.2) is 0 Å². The molecule has 0 amide bonds. The monoisotopic (exact) mass is 1500 g/mol. The van der Waals surface area contributed by atoms with Crippen LogP contribution in [0, 0.1) is 23.7 Å². The summed E-state index contributed by atoms with van der Waals surface area (Å²) in [4.78, 5) is 0. The van der Waals surface area contributed by atoms with Crippen molar-refractivity contribution in [3.63, 3.8) is 0 Å². The Morgan fingerprint density at radius 1 is 0.222 bits per heavy atom. The molecule has 4 fully saturated rings. The quantitative estimate of drug-likeness (QED) is 0.0186. The van der Waals surface area contributed by atoms with Gasteiger partial charge >= 0.3 is 0 Å². The summed E-state index contributed by atoms with van der Waals surface area (Å²) in [5.41, 5.74) is 29.1. The fourth-order valence-corrected chi connectivity index (χ4v) is 18.2. The SMILES string of the molecule is NCCCCC1CCCCCCCCCCCCCC1.NCCCCCNCCCCC1CCCCCCCCCCCCCC1.NCCNCCCCC1CCCCCCCCCCCCCC1.NCCNCc1c2ccccc2cc2ccccc12.NCNCCC1CCCCCCCCCCCCCC1. The van der Waals surface area contributed by atoms with Crippen molar-refractivity contribution >= 4 is 21.5 Å². The Labute approximate surface area is 673 Å². The third-order valence-corrected chi connectivity index (χ3v) is 25.2. The van der Waals surface area contributed by atoms with Gasteiger partial charge in [-0.3, -0.25) is 0 Å². The van der Waals surface area contributed by atoms with E-state index in [0.717, 1.165) is 76.0 Å². The van der Waals surface area contributed by atoms with E-state index in [2.05, 4.69) is 75.9 Å². The standard InChI is InChI=1S/C24H50N2.C21H44N2.C19H39N.C18H38N2.C17H18N2/c25-21-15-11-16-22-26-23-17-14-20-24-18-12-9-7-5-3-1-2-4-6-8-10-13-19-24;22-18-20-23-19-14-13-17-21-15-11-9-7-5-3-1-2-4-6-8-10-12-16-21;20-18-14-13-17-19-15-11-9-7-5-3-1-2-4-6-8-10-12-16-19;19-17-20-16-15-18-13-11-9-7-5-3-1-2-4-6-8-10-12-14-18;18-9-10-19-12-17-15-7-3-1-5-13(15)11-14-6-2-4-8-16(14)17/h24,26H,1-23,25H2;21,23H,1-20,22H2;19H,1-18,20H2;18,20H,1-17,19H2;1-8,11,19H,9-10,12,18H2. The van der Waals surface area contributed by atoms with Crippen LogP contribution in [-0.2, 0) is 6.54 Å². The van der Waals surface area contributed by atoms with Gasteiger partial charge < -0.3 is 49.9 Å². The summed E-state index contributed by atoms with van der Waals surface area (Å²) in [5.74, 6) is 3.98. The van der Waals surface area contributed by atoms with E-state index in [1.807, 2.05) is 0 Å². The van der Waals surface area contributed by atoms with Crippen molar-refractivity contribution in [2.24, 2.45) is 52.3 Å². The molecule has 0 bridgehead atoms. The first kappa shape index (κ1) is 100. The second kappa shape index (κ2) is 80.0. The van der Waals surface area contributed by atoms with Crippen LogP contribution in [0.15, 0.2) is 54.6 Å². The Bertz CT molecular complexity index is 2100. The van der Waals surface area contributed by atoms with Gasteiger partial charge in [0.2, 0.25) is 0 Å². The second-order valence-electron chi connectivity index (χ2n) is 34.9. The lowest BCUT2D eigenvalue weighted by atomic mass is 9.90. The Morgan fingerprint density at radius 3 is 0.769 bits per heavy atom. The molecule has 108 heavy (non-hydrogen) atoms. The van der Waals surface area contributed by atoms with E-state index in [-0.39, 0.29) is 0 Å². The van der Waals surface area contributed by atoms with Crippen LogP contribution in [0.3, 0.4) is 0 Å². The lowest BCUT2D eigenvalue weighted by Crippen LogP contribution is -2.24. The Balaban J connectivity index is 0.000000351. The van der Waals surface area contributed by atoms with Crippen LogP contribution < -0.4 is 49.9 Å². The van der Waals surface area contributed by atoms with Crippen LogP contribution >= 0.6 is 0 Å². The van der Waals surface area contributed by atoms with Crippen LogP contribution in [0.5, 0.6) is 0 Å². The molecule has 0 unspecified atom stereocenters. The summed E-state index contributed by atoms with van der Waals surface area (Å²) in [6.45, 7) is 11.1. The van der Waals surface area contributed by atoms with Gasteiger partial charge in [0.1, 0.15) is 0 Å². The third-order valence-electron chi connectivity index (χ3n) is 25.2. The molecule has 0 aliphatic heterocycles. The molecule has 9 heteroatoms. The molecule has 7 rings (SSSR count). The molecule has 630 valence electrons.